The van der Waals surface area contributed by atoms with E-state index >= 15 is 0 Å². The average Bonchev–Trinajstić information content (AvgIpc) is 2.61. The number of hydrazine groups is 1. The molecule has 2 amide bonds. The Kier molecular flexibility index (Phi) is 7.67. The Morgan fingerprint density at radius 3 is 2.41 bits per heavy atom. The van der Waals surface area contributed by atoms with Gasteiger partial charge in [0.25, 0.3) is 11.8 Å². The average molecular weight is 447 g/mol. The molecule has 0 radical (unpaired) electrons. The molecule has 0 aliphatic rings. The van der Waals surface area contributed by atoms with Gasteiger partial charge in [-0.05, 0) is 55.5 Å². The van der Waals surface area contributed by atoms with Crippen LogP contribution in [-0.4, -0.2) is 23.0 Å². The molecule has 3 N–H and O–H groups in total. The van der Waals surface area contributed by atoms with Gasteiger partial charge in [0, 0.05) is 15.6 Å². The number of hydrogen-bond donors (Lipinski definition) is 3. The van der Waals surface area contributed by atoms with Crippen LogP contribution < -0.4 is 20.9 Å². The van der Waals surface area contributed by atoms with E-state index < -0.39 is 17.9 Å². The Labute approximate surface area is 176 Å². The number of carbonyl (C=O) groups excluding carboxylic acids is 2. The van der Waals surface area contributed by atoms with Gasteiger partial charge in [0.2, 0.25) is 0 Å². The highest BCUT2D eigenvalue weighted by Crippen LogP contribution is 2.28. The molecule has 2 aromatic carbocycles. The Balaban J connectivity index is 1.83. The van der Waals surface area contributed by atoms with Crippen LogP contribution in [0.4, 0.5) is 0 Å². The van der Waals surface area contributed by atoms with Crippen LogP contribution >= 0.6 is 47.0 Å². The predicted octanol–water partition coefficient (Wildman–Crippen LogP) is 3.75. The molecule has 0 aromatic heterocycles. The van der Waals surface area contributed by atoms with E-state index in [1.54, 1.807) is 30.3 Å². The number of rotatable bonds is 4. The Morgan fingerprint density at radius 2 is 1.74 bits per heavy atom. The van der Waals surface area contributed by atoms with Gasteiger partial charge in [0.05, 0.1) is 5.02 Å². The summed E-state index contributed by atoms with van der Waals surface area (Å²) in [7, 11) is 0. The number of hydrogen-bond acceptors (Lipinski definition) is 4. The van der Waals surface area contributed by atoms with Crippen LogP contribution in [-0.2, 0) is 4.79 Å². The standard InChI is InChI=1S/C17H14Cl3N3O3S/c1-9(26-14-6-5-12(19)8-13(14)20)15(24)21-17(27)23-22-16(25)10-3-2-4-11(18)7-10/h2-9H,1H3,(H,22,25)(H2,21,23,24,27). The van der Waals surface area contributed by atoms with Crippen molar-refractivity contribution >= 4 is 63.9 Å². The third kappa shape index (κ3) is 6.55. The van der Waals surface area contributed by atoms with Gasteiger partial charge in [-0.3, -0.25) is 25.8 Å². The topological polar surface area (TPSA) is 79.5 Å². The second-order valence-corrected chi connectivity index (χ2v) is 6.93. The molecule has 142 valence electrons. The summed E-state index contributed by atoms with van der Waals surface area (Å²) >= 11 is 22.6. The highest BCUT2D eigenvalue weighted by Gasteiger charge is 2.18. The number of nitrogens with one attached hydrogen (secondary N) is 3. The van der Waals surface area contributed by atoms with E-state index in [-0.39, 0.29) is 10.1 Å². The van der Waals surface area contributed by atoms with Crippen molar-refractivity contribution < 1.29 is 14.3 Å². The SMILES string of the molecule is CC(Oc1ccc(Cl)cc1Cl)C(=O)NC(=S)NNC(=O)c1cccc(Cl)c1. The number of benzene rings is 2. The number of carbonyl (C=O) groups is 2. The van der Waals surface area contributed by atoms with Crippen molar-refractivity contribution in [3.8, 4) is 5.75 Å². The van der Waals surface area contributed by atoms with E-state index in [2.05, 4.69) is 16.2 Å². The second kappa shape index (κ2) is 9.75. The van der Waals surface area contributed by atoms with E-state index in [1.165, 1.54) is 19.1 Å². The highest BCUT2D eigenvalue weighted by atomic mass is 35.5. The van der Waals surface area contributed by atoms with Crippen LogP contribution in [0.3, 0.4) is 0 Å². The third-order valence-electron chi connectivity index (χ3n) is 3.18. The third-order valence-corrected chi connectivity index (χ3v) is 4.15. The Hall–Kier alpha value is -2.06. The van der Waals surface area contributed by atoms with Crippen LogP contribution in [0, 0.1) is 0 Å². The first-order valence-corrected chi connectivity index (χ1v) is 9.09. The van der Waals surface area contributed by atoms with E-state index in [9.17, 15) is 9.59 Å². The number of thiocarbonyl (C=S) groups is 1. The van der Waals surface area contributed by atoms with Gasteiger partial charge in [0.1, 0.15) is 5.75 Å². The summed E-state index contributed by atoms with van der Waals surface area (Å²) in [5.74, 6) is -0.696. The first-order chi connectivity index (χ1) is 12.8. The maximum Gasteiger partial charge on any atom is 0.269 e. The monoisotopic (exact) mass is 445 g/mol. The molecular formula is C17H14Cl3N3O3S. The number of ether oxygens (including phenoxy) is 1. The zero-order valence-corrected chi connectivity index (χ0v) is 17.0. The molecule has 2 rings (SSSR count). The van der Waals surface area contributed by atoms with Crippen molar-refractivity contribution in [1.82, 2.24) is 16.2 Å². The molecule has 10 heteroatoms. The Bertz CT molecular complexity index is 879. The zero-order chi connectivity index (χ0) is 20.0. The van der Waals surface area contributed by atoms with E-state index in [4.69, 9.17) is 51.8 Å². The van der Waals surface area contributed by atoms with Crippen LogP contribution in [0.2, 0.25) is 15.1 Å². The summed E-state index contributed by atoms with van der Waals surface area (Å²) in [6.45, 7) is 1.52. The molecule has 0 heterocycles. The molecule has 27 heavy (non-hydrogen) atoms. The molecule has 1 unspecified atom stereocenters. The normalized spacial score (nSPS) is 11.3. The van der Waals surface area contributed by atoms with Gasteiger partial charge in [-0.15, -0.1) is 0 Å². The van der Waals surface area contributed by atoms with Gasteiger partial charge in [-0.25, -0.2) is 0 Å². The highest BCUT2D eigenvalue weighted by molar-refractivity contribution is 7.80. The quantitative estimate of drug-likeness (QED) is 0.492. The number of amides is 2. The lowest BCUT2D eigenvalue weighted by Crippen LogP contribution is -2.51. The summed E-state index contributed by atoms with van der Waals surface area (Å²) in [5, 5.41) is 3.44. The maximum absolute atomic E-state index is 12.1. The number of halogens is 3. The molecule has 6 nitrogen and oxygen atoms in total. The molecule has 1 atom stereocenters. The van der Waals surface area contributed by atoms with E-state index in [1.807, 2.05) is 0 Å². The molecule has 0 aliphatic heterocycles. The van der Waals surface area contributed by atoms with Crippen molar-refractivity contribution in [1.29, 1.82) is 0 Å². The van der Waals surface area contributed by atoms with E-state index in [0.717, 1.165) is 0 Å². The van der Waals surface area contributed by atoms with Crippen LogP contribution in [0.15, 0.2) is 42.5 Å². The summed E-state index contributed by atoms with van der Waals surface area (Å²) < 4.78 is 5.48. The molecule has 0 saturated heterocycles. The van der Waals surface area contributed by atoms with Crippen molar-refractivity contribution in [3.63, 3.8) is 0 Å². The predicted molar refractivity (Wildman–Crippen MR) is 109 cm³/mol. The van der Waals surface area contributed by atoms with Gasteiger partial charge in [0.15, 0.2) is 11.2 Å². The minimum absolute atomic E-state index is 0.104. The molecule has 2 aromatic rings. The summed E-state index contributed by atoms with van der Waals surface area (Å²) in [6, 6.07) is 11.0. The zero-order valence-electron chi connectivity index (χ0n) is 13.9. The van der Waals surface area contributed by atoms with Crippen molar-refractivity contribution in [2.24, 2.45) is 0 Å². The summed E-state index contributed by atoms with van der Waals surface area (Å²) in [6.07, 6.45) is -0.896. The Morgan fingerprint density at radius 1 is 1.04 bits per heavy atom. The van der Waals surface area contributed by atoms with Crippen LogP contribution in [0.1, 0.15) is 17.3 Å². The van der Waals surface area contributed by atoms with Crippen LogP contribution in [0.25, 0.3) is 0 Å². The first-order valence-electron chi connectivity index (χ1n) is 7.54. The molecule has 0 spiro atoms. The lowest BCUT2D eigenvalue weighted by Gasteiger charge is -2.17. The van der Waals surface area contributed by atoms with E-state index in [0.29, 0.717) is 21.4 Å². The lowest BCUT2D eigenvalue weighted by atomic mass is 10.2. The largest absolute Gasteiger partial charge is 0.479 e. The van der Waals surface area contributed by atoms with Gasteiger partial charge >= 0.3 is 0 Å². The minimum atomic E-state index is -0.896. The van der Waals surface area contributed by atoms with Gasteiger partial charge in [-0.1, -0.05) is 40.9 Å². The smallest absolute Gasteiger partial charge is 0.269 e. The van der Waals surface area contributed by atoms with Crippen molar-refractivity contribution in [3.05, 3.63) is 63.1 Å². The fraction of sp³-hybridized carbons (Fsp3) is 0.118. The fourth-order valence-electron chi connectivity index (χ4n) is 1.87. The summed E-state index contributed by atoms with van der Waals surface area (Å²) in [4.78, 5) is 24.1. The molecule has 0 fully saturated rings. The first kappa shape index (κ1) is 21.2. The van der Waals surface area contributed by atoms with Crippen LogP contribution in [0.5, 0.6) is 5.75 Å². The molecule has 0 saturated carbocycles. The van der Waals surface area contributed by atoms with Crippen molar-refractivity contribution in [2.45, 2.75) is 13.0 Å². The minimum Gasteiger partial charge on any atom is -0.479 e. The summed E-state index contributed by atoms with van der Waals surface area (Å²) in [5.41, 5.74) is 5.11. The molecule has 0 bridgehead atoms. The maximum atomic E-state index is 12.1. The molecular weight excluding hydrogens is 433 g/mol. The van der Waals surface area contributed by atoms with Gasteiger partial charge in [-0.2, -0.15) is 0 Å². The second-order valence-electron chi connectivity index (χ2n) is 5.24. The molecule has 0 aliphatic carbocycles. The van der Waals surface area contributed by atoms with Gasteiger partial charge < -0.3 is 4.74 Å². The van der Waals surface area contributed by atoms with Crippen molar-refractivity contribution in [2.75, 3.05) is 0 Å². The lowest BCUT2D eigenvalue weighted by molar-refractivity contribution is -0.125. The fourth-order valence-corrected chi connectivity index (χ4v) is 2.67.